The van der Waals surface area contributed by atoms with Crippen molar-refractivity contribution in [1.82, 2.24) is 20.0 Å². The number of nitrogens with zero attached hydrogens (tertiary/aromatic N) is 3. The van der Waals surface area contributed by atoms with Gasteiger partial charge in [0.2, 0.25) is 5.82 Å². The van der Waals surface area contributed by atoms with E-state index in [2.05, 4.69) is 24.5 Å². The zero-order chi connectivity index (χ0) is 17.8. The van der Waals surface area contributed by atoms with Crippen molar-refractivity contribution in [3.05, 3.63) is 28.9 Å². The minimum absolute atomic E-state index is 0.316. The molecule has 2 aromatic rings. The maximum Gasteiger partial charge on any atom is 0.439 e. The number of hydrogen-bond acceptors (Lipinski definition) is 7. The third kappa shape index (κ3) is 3.96. The number of piperidine rings is 1. The number of aromatic nitrogens is 3. The first-order chi connectivity index (χ1) is 12.7. The van der Waals surface area contributed by atoms with Gasteiger partial charge in [0.25, 0.3) is 0 Å². The van der Waals surface area contributed by atoms with E-state index >= 15 is 0 Å². The molecule has 0 bridgehead atoms. The van der Waals surface area contributed by atoms with Crippen LogP contribution in [0.15, 0.2) is 27.6 Å². The second-order valence-electron chi connectivity index (χ2n) is 7.16. The molecule has 2 aliphatic heterocycles. The summed E-state index contributed by atoms with van der Waals surface area (Å²) in [5.41, 5.74) is 0.995. The Hall–Kier alpha value is -2.19. The molecule has 2 aromatic heterocycles. The summed E-state index contributed by atoms with van der Waals surface area (Å²) in [5, 5.41) is 3.62. The molecule has 8 nitrogen and oxygen atoms in total. The van der Waals surface area contributed by atoms with E-state index in [1.165, 1.54) is 25.7 Å². The summed E-state index contributed by atoms with van der Waals surface area (Å²) >= 11 is 0. The van der Waals surface area contributed by atoms with Gasteiger partial charge in [-0.25, -0.2) is 9.78 Å². The number of likely N-dealkylation sites (tertiary alicyclic amines) is 1. The first-order valence-electron chi connectivity index (χ1n) is 9.18. The predicted molar refractivity (Wildman–Crippen MR) is 94.0 cm³/mol. The standard InChI is InChI=1S/C18H24N4O4/c23-17-20-16(21-26-17)15-3-2-14(12-19-15)25-11-8-22-7-1-4-18(13-22)5-9-24-10-6-18/h2-3,12H,1,4-11,13H2,(H,20,21,23). The van der Waals surface area contributed by atoms with E-state index in [1.807, 2.05) is 6.07 Å². The fourth-order valence-corrected chi connectivity index (χ4v) is 3.95. The van der Waals surface area contributed by atoms with Gasteiger partial charge >= 0.3 is 5.76 Å². The van der Waals surface area contributed by atoms with E-state index in [0.29, 0.717) is 29.3 Å². The number of hydrogen-bond donors (Lipinski definition) is 1. The number of rotatable bonds is 5. The molecular weight excluding hydrogens is 336 g/mol. The molecular formula is C18H24N4O4. The molecule has 0 atom stereocenters. The van der Waals surface area contributed by atoms with Crippen LogP contribution in [0.5, 0.6) is 5.75 Å². The number of H-pyrrole nitrogens is 1. The molecule has 4 heterocycles. The Kier molecular flexibility index (Phi) is 5.03. The van der Waals surface area contributed by atoms with E-state index in [1.54, 1.807) is 12.3 Å². The molecule has 0 radical (unpaired) electrons. The molecule has 0 saturated carbocycles. The number of ether oxygens (including phenoxy) is 2. The molecule has 1 N–H and O–H groups in total. The fraction of sp³-hybridized carbons (Fsp3) is 0.611. The normalized spacial score (nSPS) is 20.3. The Morgan fingerprint density at radius 3 is 2.88 bits per heavy atom. The predicted octanol–water partition coefficient (Wildman–Crippen LogP) is 1.70. The van der Waals surface area contributed by atoms with Crippen LogP contribution >= 0.6 is 0 Å². The lowest BCUT2D eigenvalue weighted by Gasteiger charge is -2.45. The van der Waals surface area contributed by atoms with Gasteiger partial charge < -0.3 is 9.47 Å². The van der Waals surface area contributed by atoms with E-state index in [9.17, 15) is 4.79 Å². The summed E-state index contributed by atoms with van der Waals surface area (Å²) in [6.45, 7) is 5.65. The Bertz CT molecular complexity index is 758. The maximum atomic E-state index is 11.0. The quantitative estimate of drug-likeness (QED) is 0.867. The zero-order valence-corrected chi connectivity index (χ0v) is 14.8. The molecule has 0 unspecified atom stereocenters. The Morgan fingerprint density at radius 1 is 1.27 bits per heavy atom. The van der Waals surface area contributed by atoms with Gasteiger partial charge in [-0.05, 0) is 49.8 Å². The largest absolute Gasteiger partial charge is 0.491 e. The molecule has 2 saturated heterocycles. The van der Waals surface area contributed by atoms with Crippen LogP contribution in [-0.2, 0) is 4.74 Å². The third-order valence-corrected chi connectivity index (χ3v) is 5.39. The van der Waals surface area contributed by atoms with Gasteiger partial charge in [0.1, 0.15) is 18.1 Å². The summed E-state index contributed by atoms with van der Waals surface area (Å²) in [7, 11) is 0. The molecule has 0 aliphatic carbocycles. The first-order valence-corrected chi connectivity index (χ1v) is 9.18. The second-order valence-corrected chi connectivity index (χ2v) is 7.16. The van der Waals surface area contributed by atoms with Crippen LogP contribution < -0.4 is 10.5 Å². The topological polar surface area (TPSA) is 93.5 Å². The van der Waals surface area contributed by atoms with Crippen LogP contribution in [0, 0.1) is 5.41 Å². The minimum Gasteiger partial charge on any atom is -0.491 e. The smallest absolute Gasteiger partial charge is 0.439 e. The summed E-state index contributed by atoms with van der Waals surface area (Å²) in [6.07, 6.45) is 6.58. The lowest BCUT2D eigenvalue weighted by molar-refractivity contribution is -0.0291. The Labute approximate surface area is 151 Å². The number of aromatic amines is 1. The molecule has 0 aromatic carbocycles. The van der Waals surface area contributed by atoms with Gasteiger partial charge in [-0.15, -0.1) is 0 Å². The van der Waals surface area contributed by atoms with Crippen LogP contribution in [0.1, 0.15) is 25.7 Å². The van der Waals surface area contributed by atoms with Gasteiger partial charge in [-0.1, -0.05) is 5.16 Å². The monoisotopic (exact) mass is 360 g/mol. The molecule has 140 valence electrons. The molecule has 26 heavy (non-hydrogen) atoms. The summed E-state index contributed by atoms with van der Waals surface area (Å²) < 4.78 is 15.9. The van der Waals surface area contributed by atoms with Crippen molar-refractivity contribution in [1.29, 1.82) is 0 Å². The molecule has 2 aliphatic rings. The van der Waals surface area contributed by atoms with Crippen molar-refractivity contribution in [3.8, 4) is 17.3 Å². The van der Waals surface area contributed by atoms with Crippen LogP contribution in [0.25, 0.3) is 11.5 Å². The Balaban J connectivity index is 1.27. The number of pyridine rings is 1. The average Bonchev–Trinajstić information content (AvgIpc) is 3.09. The lowest BCUT2D eigenvalue weighted by atomic mass is 9.74. The highest BCUT2D eigenvalue weighted by atomic mass is 16.5. The molecule has 0 amide bonds. The highest BCUT2D eigenvalue weighted by molar-refractivity contribution is 5.48. The third-order valence-electron chi connectivity index (χ3n) is 5.39. The van der Waals surface area contributed by atoms with Crippen molar-refractivity contribution in [2.75, 3.05) is 39.5 Å². The number of nitrogens with one attached hydrogen (secondary N) is 1. The maximum absolute atomic E-state index is 11.0. The fourth-order valence-electron chi connectivity index (χ4n) is 3.95. The SMILES string of the molecule is O=c1[nH]c(-c2ccc(OCCN3CCCC4(CCOCC4)C3)cn2)no1. The summed E-state index contributed by atoms with van der Waals surface area (Å²) in [5.74, 6) is 0.431. The van der Waals surface area contributed by atoms with E-state index < -0.39 is 5.76 Å². The minimum atomic E-state index is -0.592. The van der Waals surface area contributed by atoms with Gasteiger partial charge in [0.05, 0.1) is 6.20 Å². The van der Waals surface area contributed by atoms with Crippen molar-refractivity contribution >= 4 is 0 Å². The highest BCUT2D eigenvalue weighted by Crippen LogP contribution is 2.38. The molecule has 1 spiro atoms. The van der Waals surface area contributed by atoms with Crippen LogP contribution in [-0.4, -0.2) is 59.5 Å². The molecule has 2 fully saturated rings. The van der Waals surface area contributed by atoms with Crippen LogP contribution in [0.4, 0.5) is 0 Å². The lowest BCUT2D eigenvalue weighted by Crippen LogP contribution is -2.47. The molecule has 8 heteroatoms. The van der Waals surface area contributed by atoms with E-state index in [4.69, 9.17) is 9.47 Å². The summed E-state index contributed by atoms with van der Waals surface area (Å²) in [6, 6.07) is 3.58. The van der Waals surface area contributed by atoms with E-state index in [0.717, 1.165) is 32.8 Å². The van der Waals surface area contributed by atoms with Gasteiger partial charge in [-0.2, -0.15) is 0 Å². The van der Waals surface area contributed by atoms with Crippen molar-refractivity contribution < 1.29 is 14.0 Å². The molecule has 4 rings (SSSR count). The van der Waals surface area contributed by atoms with Gasteiger partial charge in [0.15, 0.2) is 0 Å². The second kappa shape index (κ2) is 7.59. The van der Waals surface area contributed by atoms with E-state index in [-0.39, 0.29) is 0 Å². The van der Waals surface area contributed by atoms with Gasteiger partial charge in [0, 0.05) is 26.3 Å². The van der Waals surface area contributed by atoms with Crippen LogP contribution in [0.3, 0.4) is 0 Å². The Morgan fingerprint density at radius 2 is 2.15 bits per heavy atom. The first kappa shape index (κ1) is 17.2. The van der Waals surface area contributed by atoms with Crippen molar-refractivity contribution in [3.63, 3.8) is 0 Å². The zero-order valence-electron chi connectivity index (χ0n) is 14.8. The highest BCUT2D eigenvalue weighted by Gasteiger charge is 2.36. The average molecular weight is 360 g/mol. The van der Waals surface area contributed by atoms with Crippen LogP contribution in [0.2, 0.25) is 0 Å². The van der Waals surface area contributed by atoms with Gasteiger partial charge in [-0.3, -0.25) is 14.4 Å². The van der Waals surface area contributed by atoms with Crippen molar-refractivity contribution in [2.45, 2.75) is 25.7 Å². The summed E-state index contributed by atoms with van der Waals surface area (Å²) in [4.78, 5) is 20.2. The van der Waals surface area contributed by atoms with Crippen molar-refractivity contribution in [2.24, 2.45) is 5.41 Å².